The summed E-state index contributed by atoms with van der Waals surface area (Å²) in [4.78, 5) is 30.8. The van der Waals surface area contributed by atoms with E-state index in [1.165, 1.54) is 11.3 Å². The molecule has 3 rings (SSSR count). The predicted molar refractivity (Wildman–Crippen MR) is 104 cm³/mol. The monoisotopic (exact) mass is 389 g/mol. The molecule has 0 spiro atoms. The van der Waals surface area contributed by atoms with E-state index >= 15 is 0 Å². The quantitative estimate of drug-likeness (QED) is 0.764. The fourth-order valence-electron chi connectivity index (χ4n) is 3.00. The minimum atomic E-state index is -0.252. The fraction of sp³-hybridized carbons (Fsp3) is 0.421. The predicted octanol–water partition coefficient (Wildman–Crippen LogP) is 3.31. The van der Waals surface area contributed by atoms with Crippen LogP contribution in [0.2, 0.25) is 0 Å². The molecule has 1 atom stereocenters. The van der Waals surface area contributed by atoms with E-state index in [1.807, 2.05) is 24.3 Å². The second kappa shape index (κ2) is 8.85. The van der Waals surface area contributed by atoms with E-state index in [2.05, 4.69) is 10.3 Å². The number of nitrogens with one attached hydrogen (secondary N) is 1. The summed E-state index contributed by atoms with van der Waals surface area (Å²) >= 11 is 1.37. The molecule has 1 N–H and O–H groups in total. The van der Waals surface area contributed by atoms with E-state index in [4.69, 9.17) is 9.47 Å². The molecular formula is C19H23N3O4S. The average Bonchev–Trinajstić information content (AvgIpc) is 3.16. The largest absolute Gasteiger partial charge is 0.497 e. The summed E-state index contributed by atoms with van der Waals surface area (Å²) in [5.41, 5.74) is 1.25. The lowest BCUT2D eigenvalue weighted by Crippen LogP contribution is -2.42. The van der Waals surface area contributed by atoms with E-state index < -0.39 is 0 Å². The van der Waals surface area contributed by atoms with Gasteiger partial charge in [0.1, 0.15) is 11.4 Å². The number of nitrogens with zero attached hydrogens (tertiary/aromatic N) is 2. The number of rotatable bonds is 6. The first-order chi connectivity index (χ1) is 13.1. The first kappa shape index (κ1) is 19.2. The Labute approximate surface area is 162 Å². The van der Waals surface area contributed by atoms with Gasteiger partial charge in [-0.1, -0.05) is 0 Å². The summed E-state index contributed by atoms with van der Waals surface area (Å²) in [7, 11) is 1.62. The van der Waals surface area contributed by atoms with Gasteiger partial charge in [-0.3, -0.25) is 9.59 Å². The van der Waals surface area contributed by atoms with Crippen LogP contribution in [0.25, 0.3) is 0 Å². The molecule has 8 heteroatoms. The van der Waals surface area contributed by atoms with Crippen molar-refractivity contribution in [1.82, 2.24) is 9.88 Å². The van der Waals surface area contributed by atoms with Crippen LogP contribution in [-0.4, -0.2) is 48.6 Å². The SMILES string of the molecule is CCOC(=O)[C@H]1CCCN(C(=O)c2csc(Nc3ccc(OC)cc3)n2)C1. The molecular weight excluding hydrogens is 366 g/mol. The number of ether oxygens (including phenoxy) is 2. The number of amides is 1. The van der Waals surface area contributed by atoms with Crippen LogP contribution in [-0.2, 0) is 9.53 Å². The Morgan fingerprint density at radius 1 is 1.33 bits per heavy atom. The van der Waals surface area contributed by atoms with Crippen LogP contribution < -0.4 is 10.1 Å². The summed E-state index contributed by atoms with van der Waals surface area (Å²) in [6.45, 7) is 3.16. The fourth-order valence-corrected chi connectivity index (χ4v) is 3.71. The first-order valence-electron chi connectivity index (χ1n) is 8.93. The van der Waals surface area contributed by atoms with Gasteiger partial charge in [0.05, 0.1) is 19.6 Å². The molecule has 1 aliphatic heterocycles. The third-order valence-corrected chi connectivity index (χ3v) is 5.15. The van der Waals surface area contributed by atoms with Crippen LogP contribution in [0.4, 0.5) is 10.8 Å². The molecule has 7 nitrogen and oxygen atoms in total. The van der Waals surface area contributed by atoms with Crippen molar-refractivity contribution in [3.05, 3.63) is 35.3 Å². The smallest absolute Gasteiger partial charge is 0.310 e. The summed E-state index contributed by atoms with van der Waals surface area (Å²) < 4.78 is 10.2. The summed E-state index contributed by atoms with van der Waals surface area (Å²) in [5, 5.41) is 5.56. The van der Waals surface area contributed by atoms with E-state index in [0.717, 1.165) is 24.3 Å². The summed E-state index contributed by atoms with van der Waals surface area (Å²) in [6, 6.07) is 7.48. The standard InChI is InChI=1S/C19H23N3O4S/c1-3-26-18(24)13-5-4-10-22(11-13)17(23)16-12-27-19(21-16)20-14-6-8-15(25-2)9-7-14/h6-9,12-13H,3-5,10-11H2,1-2H3,(H,20,21)/t13-/m0/s1. The average molecular weight is 389 g/mol. The third kappa shape index (κ3) is 4.77. The molecule has 2 heterocycles. The Morgan fingerprint density at radius 2 is 2.11 bits per heavy atom. The molecule has 0 unspecified atom stereocenters. The van der Waals surface area contributed by atoms with Crippen molar-refractivity contribution < 1.29 is 19.1 Å². The third-order valence-electron chi connectivity index (χ3n) is 4.39. The number of methoxy groups -OCH3 is 1. The number of anilines is 2. The molecule has 1 aromatic carbocycles. The number of benzene rings is 1. The van der Waals surface area contributed by atoms with E-state index in [1.54, 1.807) is 24.3 Å². The van der Waals surface area contributed by atoms with Crippen LogP contribution in [0, 0.1) is 5.92 Å². The number of esters is 1. The summed E-state index contributed by atoms with van der Waals surface area (Å²) in [6.07, 6.45) is 1.54. The number of carbonyl (C=O) groups excluding carboxylic acids is 2. The van der Waals surface area contributed by atoms with Crippen molar-refractivity contribution in [3.8, 4) is 5.75 Å². The lowest BCUT2D eigenvalue weighted by atomic mass is 9.98. The lowest BCUT2D eigenvalue weighted by molar-refractivity contribution is -0.149. The number of hydrogen-bond acceptors (Lipinski definition) is 7. The van der Waals surface area contributed by atoms with Gasteiger partial charge in [-0.15, -0.1) is 11.3 Å². The Bertz CT molecular complexity index is 791. The normalized spacial score (nSPS) is 16.7. The number of carbonyl (C=O) groups is 2. The molecule has 144 valence electrons. The molecule has 0 saturated carbocycles. The Kier molecular flexibility index (Phi) is 6.28. The lowest BCUT2D eigenvalue weighted by Gasteiger charge is -2.31. The zero-order chi connectivity index (χ0) is 19.2. The van der Waals surface area contributed by atoms with Gasteiger partial charge in [-0.25, -0.2) is 4.98 Å². The zero-order valence-corrected chi connectivity index (χ0v) is 16.3. The number of hydrogen-bond donors (Lipinski definition) is 1. The van der Waals surface area contributed by atoms with Crippen molar-refractivity contribution in [1.29, 1.82) is 0 Å². The van der Waals surface area contributed by atoms with Crippen molar-refractivity contribution in [2.75, 3.05) is 32.1 Å². The van der Waals surface area contributed by atoms with Gasteiger partial charge >= 0.3 is 5.97 Å². The molecule has 2 aromatic rings. The highest BCUT2D eigenvalue weighted by molar-refractivity contribution is 7.14. The number of aromatic nitrogens is 1. The molecule has 1 amide bonds. The van der Waals surface area contributed by atoms with E-state index in [9.17, 15) is 9.59 Å². The highest BCUT2D eigenvalue weighted by Crippen LogP contribution is 2.25. The first-order valence-corrected chi connectivity index (χ1v) is 9.81. The van der Waals surface area contributed by atoms with Crippen LogP contribution in [0.15, 0.2) is 29.6 Å². The van der Waals surface area contributed by atoms with Crippen LogP contribution in [0.5, 0.6) is 5.75 Å². The van der Waals surface area contributed by atoms with E-state index in [0.29, 0.717) is 30.5 Å². The van der Waals surface area contributed by atoms with Gasteiger partial charge in [-0.05, 0) is 44.0 Å². The number of likely N-dealkylation sites (tertiary alicyclic amines) is 1. The molecule has 0 bridgehead atoms. The highest BCUT2D eigenvalue weighted by atomic mass is 32.1. The van der Waals surface area contributed by atoms with Crippen molar-refractivity contribution in [2.45, 2.75) is 19.8 Å². The molecule has 27 heavy (non-hydrogen) atoms. The van der Waals surface area contributed by atoms with Gasteiger partial charge in [0, 0.05) is 24.2 Å². The zero-order valence-electron chi connectivity index (χ0n) is 15.4. The Hall–Kier alpha value is -2.61. The molecule has 0 radical (unpaired) electrons. The number of piperidine rings is 1. The maximum Gasteiger partial charge on any atom is 0.310 e. The Balaban J connectivity index is 1.62. The van der Waals surface area contributed by atoms with Crippen LogP contribution in [0.3, 0.4) is 0 Å². The van der Waals surface area contributed by atoms with E-state index in [-0.39, 0.29) is 17.8 Å². The second-order valence-electron chi connectivity index (χ2n) is 6.23. The molecule has 0 aliphatic carbocycles. The maximum absolute atomic E-state index is 12.7. The number of thiazole rings is 1. The minimum Gasteiger partial charge on any atom is -0.497 e. The van der Waals surface area contributed by atoms with Gasteiger partial charge in [0.2, 0.25) is 0 Å². The maximum atomic E-state index is 12.7. The Morgan fingerprint density at radius 3 is 2.81 bits per heavy atom. The van der Waals surface area contributed by atoms with Gasteiger partial charge in [-0.2, -0.15) is 0 Å². The summed E-state index contributed by atoms with van der Waals surface area (Å²) in [5.74, 6) is 0.146. The highest BCUT2D eigenvalue weighted by Gasteiger charge is 2.30. The van der Waals surface area contributed by atoms with Gasteiger partial charge in [0.15, 0.2) is 5.13 Å². The minimum absolute atomic E-state index is 0.150. The van der Waals surface area contributed by atoms with Crippen LogP contribution >= 0.6 is 11.3 Å². The van der Waals surface area contributed by atoms with Crippen molar-refractivity contribution in [2.24, 2.45) is 5.92 Å². The topological polar surface area (TPSA) is 80.8 Å². The molecule has 1 fully saturated rings. The van der Waals surface area contributed by atoms with Gasteiger partial charge < -0.3 is 19.7 Å². The van der Waals surface area contributed by atoms with Gasteiger partial charge in [0.25, 0.3) is 5.91 Å². The van der Waals surface area contributed by atoms with Crippen molar-refractivity contribution in [3.63, 3.8) is 0 Å². The van der Waals surface area contributed by atoms with Crippen molar-refractivity contribution >= 4 is 34.0 Å². The molecule has 1 aromatic heterocycles. The van der Waals surface area contributed by atoms with Crippen LogP contribution in [0.1, 0.15) is 30.3 Å². The second-order valence-corrected chi connectivity index (χ2v) is 7.09. The molecule has 1 aliphatic rings. The molecule has 1 saturated heterocycles.